The number of carboxylic acids is 1. The standard InChI is InChI=1S/C12H17N5O3/c1-2-17(6-3-4-13)12(20)14-5-7-16-8-10(11(18)19)15-9-16/h8-9H,2-3,5-7H2,1H3,(H,14,20)(H,18,19). The molecule has 2 N–H and O–H groups in total. The highest BCUT2D eigenvalue weighted by atomic mass is 16.4. The van der Waals surface area contributed by atoms with Crippen molar-refractivity contribution in [3.63, 3.8) is 0 Å². The molecule has 8 nitrogen and oxygen atoms in total. The van der Waals surface area contributed by atoms with Crippen molar-refractivity contribution in [1.29, 1.82) is 5.26 Å². The summed E-state index contributed by atoms with van der Waals surface area (Å²) in [5, 5.41) is 19.9. The predicted molar refractivity (Wildman–Crippen MR) is 70.1 cm³/mol. The Morgan fingerprint density at radius 2 is 2.35 bits per heavy atom. The monoisotopic (exact) mass is 279 g/mol. The molecule has 0 saturated carbocycles. The van der Waals surface area contributed by atoms with Crippen LogP contribution in [0.2, 0.25) is 0 Å². The number of amides is 2. The van der Waals surface area contributed by atoms with E-state index in [-0.39, 0.29) is 11.7 Å². The van der Waals surface area contributed by atoms with E-state index in [0.717, 1.165) is 0 Å². The first kappa shape index (κ1) is 15.5. The van der Waals surface area contributed by atoms with Crippen molar-refractivity contribution in [2.45, 2.75) is 19.9 Å². The van der Waals surface area contributed by atoms with Gasteiger partial charge in [-0.2, -0.15) is 5.26 Å². The molecule has 0 atom stereocenters. The van der Waals surface area contributed by atoms with Crippen LogP contribution in [0.25, 0.3) is 0 Å². The highest BCUT2D eigenvalue weighted by molar-refractivity contribution is 5.84. The maximum Gasteiger partial charge on any atom is 0.356 e. The molecule has 1 heterocycles. The fourth-order valence-electron chi connectivity index (χ4n) is 1.58. The number of hydrogen-bond donors (Lipinski definition) is 2. The van der Waals surface area contributed by atoms with E-state index in [1.165, 1.54) is 12.5 Å². The number of carboxylic acid groups (broad SMARTS) is 1. The largest absolute Gasteiger partial charge is 0.476 e. The Bertz CT molecular complexity index is 505. The summed E-state index contributed by atoms with van der Waals surface area (Å²) in [5.74, 6) is -1.08. The minimum Gasteiger partial charge on any atom is -0.476 e. The van der Waals surface area contributed by atoms with Gasteiger partial charge in [0.25, 0.3) is 0 Å². The van der Waals surface area contributed by atoms with E-state index in [2.05, 4.69) is 10.3 Å². The second-order valence-corrected chi connectivity index (χ2v) is 4.02. The summed E-state index contributed by atoms with van der Waals surface area (Å²) in [4.78, 5) is 27.7. The minimum atomic E-state index is -1.08. The number of carbonyl (C=O) groups is 2. The van der Waals surface area contributed by atoms with Gasteiger partial charge in [0.05, 0.1) is 18.8 Å². The highest BCUT2D eigenvalue weighted by Crippen LogP contribution is 1.96. The van der Waals surface area contributed by atoms with Crippen molar-refractivity contribution in [3.05, 3.63) is 18.2 Å². The number of urea groups is 1. The van der Waals surface area contributed by atoms with Crippen LogP contribution in [-0.4, -0.2) is 51.2 Å². The Morgan fingerprint density at radius 3 is 2.90 bits per heavy atom. The van der Waals surface area contributed by atoms with Gasteiger partial charge in [0.15, 0.2) is 5.69 Å². The van der Waals surface area contributed by atoms with Crippen LogP contribution in [0.5, 0.6) is 0 Å². The van der Waals surface area contributed by atoms with Gasteiger partial charge in [0.2, 0.25) is 0 Å². The summed E-state index contributed by atoms with van der Waals surface area (Å²) in [6, 6.07) is 1.76. The third-order valence-electron chi connectivity index (χ3n) is 2.66. The maximum atomic E-state index is 11.8. The molecule has 0 radical (unpaired) electrons. The van der Waals surface area contributed by atoms with E-state index >= 15 is 0 Å². The molecule has 2 amide bonds. The van der Waals surface area contributed by atoms with Crippen LogP contribution < -0.4 is 5.32 Å². The first-order valence-corrected chi connectivity index (χ1v) is 6.23. The Hall–Kier alpha value is -2.56. The molecule has 0 unspecified atom stereocenters. The summed E-state index contributed by atoms with van der Waals surface area (Å²) in [6.07, 6.45) is 3.11. The van der Waals surface area contributed by atoms with Crippen LogP contribution in [0.3, 0.4) is 0 Å². The molecule has 0 fully saturated rings. The molecule has 0 aliphatic rings. The van der Waals surface area contributed by atoms with Crippen LogP contribution in [0.4, 0.5) is 4.79 Å². The number of hydrogen-bond acceptors (Lipinski definition) is 4. The van der Waals surface area contributed by atoms with Gasteiger partial charge in [-0.1, -0.05) is 0 Å². The summed E-state index contributed by atoms with van der Waals surface area (Å²) >= 11 is 0. The fourth-order valence-corrected chi connectivity index (χ4v) is 1.58. The Morgan fingerprint density at radius 1 is 1.60 bits per heavy atom. The molecule has 0 saturated heterocycles. The lowest BCUT2D eigenvalue weighted by Crippen LogP contribution is -2.41. The lowest BCUT2D eigenvalue weighted by atomic mass is 10.4. The van der Waals surface area contributed by atoms with Crippen LogP contribution in [0, 0.1) is 11.3 Å². The molecule has 0 aromatic carbocycles. The number of imidazole rings is 1. The third kappa shape index (κ3) is 4.61. The van der Waals surface area contributed by atoms with Crippen molar-refractivity contribution < 1.29 is 14.7 Å². The predicted octanol–water partition coefficient (Wildman–Crippen LogP) is 0.526. The molecule has 0 bridgehead atoms. The summed E-state index contributed by atoms with van der Waals surface area (Å²) in [6.45, 7) is 3.56. The van der Waals surface area contributed by atoms with Gasteiger partial charge in [-0.15, -0.1) is 0 Å². The third-order valence-corrected chi connectivity index (χ3v) is 2.66. The normalized spacial score (nSPS) is 9.80. The molecular formula is C12H17N5O3. The summed E-state index contributed by atoms with van der Waals surface area (Å²) in [5.41, 5.74) is -0.0273. The van der Waals surface area contributed by atoms with E-state index < -0.39 is 5.97 Å². The van der Waals surface area contributed by atoms with Gasteiger partial charge in [-0.25, -0.2) is 14.6 Å². The Balaban J connectivity index is 2.37. The molecule has 0 aliphatic carbocycles. The lowest BCUT2D eigenvalue weighted by Gasteiger charge is -2.20. The van der Waals surface area contributed by atoms with E-state index in [9.17, 15) is 9.59 Å². The lowest BCUT2D eigenvalue weighted by molar-refractivity contribution is 0.0691. The number of nitrogens with one attached hydrogen (secondary N) is 1. The molecule has 1 aromatic rings. The van der Waals surface area contributed by atoms with Gasteiger partial charge in [0, 0.05) is 32.4 Å². The number of aromatic nitrogens is 2. The van der Waals surface area contributed by atoms with Crippen molar-refractivity contribution in [3.8, 4) is 6.07 Å². The Labute approximate surface area is 116 Å². The first-order chi connectivity index (χ1) is 9.58. The van der Waals surface area contributed by atoms with Gasteiger partial charge in [-0.3, -0.25) is 0 Å². The molecule has 0 aliphatic heterocycles. The Kier molecular flexibility index (Phi) is 6.03. The topological polar surface area (TPSA) is 111 Å². The van der Waals surface area contributed by atoms with Crippen LogP contribution in [-0.2, 0) is 6.54 Å². The van der Waals surface area contributed by atoms with E-state index in [4.69, 9.17) is 10.4 Å². The van der Waals surface area contributed by atoms with E-state index in [1.807, 2.05) is 13.0 Å². The van der Waals surface area contributed by atoms with Gasteiger partial charge in [-0.05, 0) is 6.92 Å². The molecule has 20 heavy (non-hydrogen) atoms. The second kappa shape index (κ2) is 7.78. The first-order valence-electron chi connectivity index (χ1n) is 6.23. The van der Waals surface area contributed by atoms with Crippen molar-refractivity contribution in [2.75, 3.05) is 19.6 Å². The quantitative estimate of drug-likeness (QED) is 0.756. The number of nitriles is 1. The second-order valence-electron chi connectivity index (χ2n) is 4.02. The molecule has 8 heteroatoms. The zero-order valence-corrected chi connectivity index (χ0v) is 11.2. The van der Waals surface area contributed by atoms with Gasteiger partial charge >= 0.3 is 12.0 Å². The van der Waals surface area contributed by atoms with Crippen molar-refractivity contribution in [2.24, 2.45) is 0 Å². The van der Waals surface area contributed by atoms with Crippen molar-refractivity contribution in [1.82, 2.24) is 19.8 Å². The van der Waals surface area contributed by atoms with Gasteiger partial charge < -0.3 is 19.9 Å². The molecular weight excluding hydrogens is 262 g/mol. The zero-order chi connectivity index (χ0) is 15.0. The fraction of sp³-hybridized carbons (Fsp3) is 0.500. The van der Waals surface area contributed by atoms with E-state index in [0.29, 0.717) is 32.6 Å². The van der Waals surface area contributed by atoms with Crippen LogP contribution >= 0.6 is 0 Å². The van der Waals surface area contributed by atoms with Crippen LogP contribution in [0.15, 0.2) is 12.5 Å². The van der Waals surface area contributed by atoms with Crippen LogP contribution in [0.1, 0.15) is 23.8 Å². The molecule has 108 valence electrons. The molecule has 1 rings (SSSR count). The average Bonchev–Trinajstić information content (AvgIpc) is 2.88. The molecule has 1 aromatic heterocycles. The van der Waals surface area contributed by atoms with E-state index in [1.54, 1.807) is 9.47 Å². The van der Waals surface area contributed by atoms with Gasteiger partial charge in [0.1, 0.15) is 0 Å². The smallest absolute Gasteiger partial charge is 0.356 e. The number of nitrogens with zero attached hydrogens (tertiary/aromatic N) is 4. The summed E-state index contributed by atoms with van der Waals surface area (Å²) in [7, 11) is 0. The number of carbonyl (C=O) groups excluding carboxylic acids is 1. The zero-order valence-electron chi connectivity index (χ0n) is 11.2. The SMILES string of the molecule is CCN(CCC#N)C(=O)NCCn1cnc(C(=O)O)c1. The maximum absolute atomic E-state index is 11.8. The molecule has 0 spiro atoms. The number of rotatable bonds is 7. The average molecular weight is 279 g/mol. The summed E-state index contributed by atoms with van der Waals surface area (Å²) < 4.78 is 1.59. The highest BCUT2D eigenvalue weighted by Gasteiger charge is 2.10. The minimum absolute atomic E-state index is 0.0273. The number of aromatic carboxylic acids is 1. The van der Waals surface area contributed by atoms with Crippen molar-refractivity contribution >= 4 is 12.0 Å².